The Bertz CT molecular complexity index is 485. The molecule has 2 aliphatic rings. The normalized spacial score (nSPS) is 24.1. The number of carbonyl (C=O) groups is 1. The summed E-state index contributed by atoms with van der Waals surface area (Å²) in [5, 5.41) is 0. The molecule has 4 heteroatoms. The Labute approximate surface area is 128 Å². The van der Waals surface area contributed by atoms with Crippen LogP contribution in [0.15, 0.2) is 28.7 Å². The van der Waals surface area contributed by atoms with Gasteiger partial charge in [-0.05, 0) is 30.5 Å². The first-order chi connectivity index (χ1) is 9.74. The fourth-order valence-corrected chi connectivity index (χ4v) is 3.61. The largest absolute Gasteiger partial charge is 0.370 e. The van der Waals surface area contributed by atoms with Gasteiger partial charge in [0.05, 0.1) is 13.2 Å². The zero-order valence-corrected chi connectivity index (χ0v) is 13.1. The molecule has 1 aromatic carbocycles. The van der Waals surface area contributed by atoms with Crippen LogP contribution in [0.5, 0.6) is 0 Å². The number of benzene rings is 1. The summed E-state index contributed by atoms with van der Waals surface area (Å²) in [5.41, 5.74) is 1.14. The average molecular weight is 338 g/mol. The standard InChI is InChI=1S/C16H20BrNO2/c17-14-7-3-6-13(10-14)15-11-18(8-9-20-15)16(19)12-4-1-2-5-12/h3,6-7,10,12,15H,1-2,4-5,8-9,11H2. The number of ether oxygens (including phenoxy) is 1. The minimum absolute atomic E-state index is 0.00611. The second-order valence-electron chi connectivity index (χ2n) is 5.68. The molecule has 1 saturated carbocycles. The van der Waals surface area contributed by atoms with E-state index in [1.54, 1.807) is 0 Å². The third kappa shape index (κ3) is 3.07. The Hall–Kier alpha value is -0.870. The van der Waals surface area contributed by atoms with Crippen LogP contribution in [0, 0.1) is 5.92 Å². The quantitative estimate of drug-likeness (QED) is 0.826. The Morgan fingerprint density at radius 1 is 1.30 bits per heavy atom. The number of morpholine rings is 1. The van der Waals surface area contributed by atoms with E-state index in [1.807, 2.05) is 17.0 Å². The van der Waals surface area contributed by atoms with E-state index in [2.05, 4.69) is 28.1 Å². The monoisotopic (exact) mass is 337 g/mol. The fourth-order valence-electron chi connectivity index (χ4n) is 3.19. The third-order valence-corrected chi connectivity index (χ3v) is 4.80. The lowest BCUT2D eigenvalue weighted by Gasteiger charge is -2.34. The van der Waals surface area contributed by atoms with Gasteiger partial charge in [-0.2, -0.15) is 0 Å². The molecule has 3 nitrogen and oxygen atoms in total. The number of halogens is 1. The van der Waals surface area contributed by atoms with Crippen LogP contribution in [0.1, 0.15) is 37.4 Å². The van der Waals surface area contributed by atoms with Crippen LogP contribution in [0.25, 0.3) is 0 Å². The number of hydrogen-bond acceptors (Lipinski definition) is 2. The van der Waals surface area contributed by atoms with E-state index in [-0.39, 0.29) is 12.0 Å². The molecule has 0 bridgehead atoms. The van der Waals surface area contributed by atoms with Gasteiger partial charge in [0.2, 0.25) is 5.91 Å². The van der Waals surface area contributed by atoms with E-state index >= 15 is 0 Å². The molecule has 0 spiro atoms. The van der Waals surface area contributed by atoms with E-state index < -0.39 is 0 Å². The van der Waals surface area contributed by atoms with Crippen molar-refractivity contribution in [2.24, 2.45) is 5.92 Å². The highest BCUT2D eigenvalue weighted by Crippen LogP contribution is 2.30. The molecule has 1 aromatic rings. The van der Waals surface area contributed by atoms with Crippen LogP contribution in [-0.4, -0.2) is 30.5 Å². The minimum Gasteiger partial charge on any atom is -0.370 e. The number of amides is 1. The maximum absolute atomic E-state index is 12.5. The summed E-state index contributed by atoms with van der Waals surface area (Å²) in [6.07, 6.45) is 4.55. The van der Waals surface area contributed by atoms with Gasteiger partial charge in [-0.1, -0.05) is 40.9 Å². The van der Waals surface area contributed by atoms with Crippen molar-refractivity contribution in [1.29, 1.82) is 0 Å². The van der Waals surface area contributed by atoms with Gasteiger partial charge in [-0.25, -0.2) is 0 Å². The molecule has 3 rings (SSSR count). The van der Waals surface area contributed by atoms with Crippen LogP contribution in [0.4, 0.5) is 0 Å². The Kier molecular flexibility index (Phi) is 4.41. The van der Waals surface area contributed by atoms with Crippen molar-refractivity contribution < 1.29 is 9.53 Å². The summed E-state index contributed by atoms with van der Waals surface area (Å²) >= 11 is 3.49. The van der Waals surface area contributed by atoms with E-state index in [0.29, 0.717) is 19.1 Å². The van der Waals surface area contributed by atoms with Gasteiger partial charge in [0.1, 0.15) is 6.10 Å². The van der Waals surface area contributed by atoms with Gasteiger partial charge in [0.15, 0.2) is 0 Å². The van der Waals surface area contributed by atoms with Crippen LogP contribution in [-0.2, 0) is 9.53 Å². The molecule has 1 heterocycles. The first kappa shape index (κ1) is 14.1. The first-order valence-electron chi connectivity index (χ1n) is 7.40. The van der Waals surface area contributed by atoms with Gasteiger partial charge in [-0.3, -0.25) is 4.79 Å². The van der Waals surface area contributed by atoms with Gasteiger partial charge < -0.3 is 9.64 Å². The zero-order valence-electron chi connectivity index (χ0n) is 11.6. The summed E-state index contributed by atoms with van der Waals surface area (Å²) in [5.74, 6) is 0.599. The molecule has 0 radical (unpaired) electrons. The number of carbonyl (C=O) groups excluding carboxylic acids is 1. The summed E-state index contributed by atoms with van der Waals surface area (Å²) in [6.45, 7) is 2.06. The smallest absolute Gasteiger partial charge is 0.225 e. The van der Waals surface area contributed by atoms with Crippen LogP contribution < -0.4 is 0 Å². The topological polar surface area (TPSA) is 29.5 Å². The van der Waals surface area contributed by atoms with Crippen molar-refractivity contribution in [3.05, 3.63) is 34.3 Å². The molecule has 2 fully saturated rings. The molecular formula is C16H20BrNO2. The van der Waals surface area contributed by atoms with E-state index in [1.165, 1.54) is 12.8 Å². The highest BCUT2D eigenvalue weighted by Gasteiger charge is 2.31. The second kappa shape index (κ2) is 6.27. The third-order valence-electron chi connectivity index (χ3n) is 4.30. The average Bonchev–Trinajstić information content (AvgIpc) is 3.01. The maximum atomic E-state index is 12.5. The van der Waals surface area contributed by atoms with Gasteiger partial charge >= 0.3 is 0 Å². The molecule has 0 N–H and O–H groups in total. The molecule has 1 aliphatic carbocycles. The maximum Gasteiger partial charge on any atom is 0.225 e. The SMILES string of the molecule is O=C(C1CCCC1)N1CCOC(c2cccc(Br)c2)C1. The van der Waals surface area contributed by atoms with E-state index in [0.717, 1.165) is 29.4 Å². The van der Waals surface area contributed by atoms with Crippen molar-refractivity contribution in [2.45, 2.75) is 31.8 Å². The van der Waals surface area contributed by atoms with Crippen molar-refractivity contribution in [1.82, 2.24) is 4.90 Å². The summed E-state index contributed by atoms with van der Waals surface area (Å²) in [7, 11) is 0. The first-order valence-corrected chi connectivity index (χ1v) is 8.19. The molecule has 20 heavy (non-hydrogen) atoms. The predicted octanol–water partition coefficient (Wildman–Crippen LogP) is 3.54. The molecule has 1 saturated heterocycles. The summed E-state index contributed by atoms with van der Waals surface area (Å²) < 4.78 is 6.90. The highest BCUT2D eigenvalue weighted by molar-refractivity contribution is 9.10. The number of rotatable bonds is 2. The Balaban J connectivity index is 1.68. The van der Waals surface area contributed by atoms with Crippen LogP contribution in [0.3, 0.4) is 0 Å². The predicted molar refractivity (Wildman–Crippen MR) is 81.4 cm³/mol. The molecular weight excluding hydrogens is 318 g/mol. The van der Waals surface area contributed by atoms with Gasteiger partial charge in [-0.15, -0.1) is 0 Å². The number of hydrogen-bond donors (Lipinski definition) is 0. The second-order valence-corrected chi connectivity index (χ2v) is 6.60. The summed E-state index contributed by atoms with van der Waals surface area (Å²) in [4.78, 5) is 14.5. The van der Waals surface area contributed by atoms with Crippen LogP contribution in [0.2, 0.25) is 0 Å². The molecule has 1 aliphatic heterocycles. The minimum atomic E-state index is 0.00611. The Morgan fingerprint density at radius 3 is 2.85 bits per heavy atom. The van der Waals surface area contributed by atoms with Crippen molar-refractivity contribution in [2.75, 3.05) is 19.7 Å². The van der Waals surface area contributed by atoms with Crippen molar-refractivity contribution in [3.63, 3.8) is 0 Å². The highest BCUT2D eigenvalue weighted by atomic mass is 79.9. The lowest BCUT2D eigenvalue weighted by atomic mass is 10.0. The van der Waals surface area contributed by atoms with Gasteiger partial charge in [0.25, 0.3) is 0 Å². The number of nitrogens with zero attached hydrogens (tertiary/aromatic N) is 1. The van der Waals surface area contributed by atoms with E-state index in [9.17, 15) is 4.79 Å². The zero-order chi connectivity index (χ0) is 13.9. The van der Waals surface area contributed by atoms with Gasteiger partial charge in [0, 0.05) is 16.9 Å². The molecule has 1 atom stereocenters. The molecule has 108 valence electrons. The fraction of sp³-hybridized carbons (Fsp3) is 0.562. The molecule has 1 amide bonds. The summed E-state index contributed by atoms with van der Waals surface area (Å²) in [6, 6.07) is 8.17. The van der Waals surface area contributed by atoms with Crippen molar-refractivity contribution >= 4 is 21.8 Å². The van der Waals surface area contributed by atoms with E-state index in [4.69, 9.17) is 4.74 Å². The Morgan fingerprint density at radius 2 is 2.10 bits per heavy atom. The van der Waals surface area contributed by atoms with Crippen molar-refractivity contribution in [3.8, 4) is 0 Å². The lowest BCUT2D eigenvalue weighted by Crippen LogP contribution is -2.44. The molecule has 0 aromatic heterocycles. The lowest BCUT2D eigenvalue weighted by molar-refractivity contribution is -0.143. The molecule has 1 unspecified atom stereocenters. The van der Waals surface area contributed by atoms with Crippen LogP contribution >= 0.6 is 15.9 Å².